The van der Waals surface area contributed by atoms with Crippen LogP contribution in [0.15, 0.2) is 42.5 Å². The highest BCUT2D eigenvalue weighted by Gasteiger charge is 2.20. The maximum absolute atomic E-state index is 12.3. The minimum atomic E-state index is -0.140. The number of nitrogens with one attached hydrogen (secondary N) is 1. The number of rotatable bonds is 6. The summed E-state index contributed by atoms with van der Waals surface area (Å²) in [6.45, 7) is 1.57. The Morgan fingerprint density at radius 1 is 1.17 bits per heavy atom. The zero-order valence-electron chi connectivity index (χ0n) is 13.7. The van der Waals surface area contributed by atoms with Gasteiger partial charge in [-0.25, -0.2) is 0 Å². The van der Waals surface area contributed by atoms with Crippen molar-refractivity contribution in [2.24, 2.45) is 0 Å². The molecule has 126 valence electrons. The standard InChI is InChI=1S/C19H21NO4/c1-22-16-12-15(13-17-18(16)24-11-10-23-17)19(21)20-9-5-8-14-6-3-2-4-7-14/h2-4,6-7,12-13H,5,8-11H2,1H3,(H,20,21). The fourth-order valence-corrected chi connectivity index (χ4v) is 2.65. The fraction of sp³-hybridized carbons (Fsp3) is 0.316. The van der Waals surface area contributed by atoms with Gasteiger partial charge in [0.05, 0.1) is 7.11 Å². The molecule has 0 saturated carbocycles. The molecule has 0 fully saturated rings. The molecule has 0 saturated heterocycles. The molecule has 0 atom stereocenters. The zero-order chi connectivity index (χ0) is 16.8. The van der Waals surface area contributed by atoms with Gasteiger partial charge < -0.3 is 19.5 Å². The number of aryl methyl sites for hydroxylation is 1. The molecular weight excluding hydrogens is 306 g/mol. The molecule has 1 N–H and O–H groups in total. The first-order valence-corrected chi connectivity index (χ1v) is 8.07. The topological polar surface area (TPSA) is 56.8 Å². The normalized spacial score (nSPS) is 12.5. The number of amides is 1. The van der Waals surface area contributed by atoms with Crippen molar-refractivity contribution < 1.29 is 19.0 Å². The molecule has 1 aliphatic heterocycles. The Hall–Kier alpha value is -2.69. The molecule has 0 bridgehead atoms. The molecule has 5 nitrogen and oxygen atoms in total. The summed E-state index contributed by atoms with van der Waals surface area (Å²) in [7, 11) is 1.55. The minimum absolute atomic E-state index is 0.140. The van der Waals surface area contributed by atoms with Crippen LogP contribution in [-0.2, 0) is 6.42 Å². The van der Waals surface area contributed by atoms with Crippen molar-refractivity contribution in [3.63, 3.8) is 0 Å². The number of hydrogen-bond donors (Lipinski definition) is 1. The predicted octanol–water partition coefficient (Wildman–Crippen LogP) is 2.83. The number of ether oxygens (including phenoxy) is 3. The number of benzene rings is 2. The fourth-order valence-electron chi connectivity index (χ4n) is 2.65. The van der Waals surface area contributed by atoms with E-state index in [0.29, 0.717) is 42.6 Å². The second kappa shape index (κ2) is 7.73. The van der Waals surface area contributed by atoms with E-state index in [2.05, 4.69) is 17.4 Å². The largest absolute Gasteiger partial charge is 0.493 e. The van der Waals surface area contributed by atoms with Gasteiger partial charge >= 0.3 is 0 Å². The van der Waals surface area contributed by atoms with Crippen molar-refractivity contribution in [1.29, 1.82) is 0 Å². The van der Waals surface area contributed by atoms with Gasteiger partial charge in [-0.05, 0) is 30.5 Å². The molecule has 2 aromatic rings. The molecule has 0 unspecified atom stereocenters. The lowest BCUT2D eigenvalue weighted by Crippen LogP contribution is -2.25. The zero-order valence-corrected chi connectivity index (χ0v) is 13.7. The molecule has 3 rings (SSSR count). The lowest BCUT2D eigenvalue weighted by molar-refractivity contribution is 0.0951. The average Bonchev–Trinajstić information content (AvgIpc) is 2.65. The second-order valence-corrected chi connectivity index (χ2v) is 5.55. The predicted molar refractivity (Wildman–Crippen MR) is 91.1 cm³/mol. The van der Waals surface area contributed by atoms with Crippen LogP contribution in [0.4, 0.5) is 0 Å². The van der Waals surface area contributed by atoms with Crippen LogP contribution in [0.5, 0.6) is 17.2 Å². The summed E-state index contributed by atoms with van der Waals surface area (Å²) in [6.07, 6.45) is 1.82. The van der Waals surface area contributed by atoms with Crippen LogP contribution in [0.3, 0.4) is 0 Å². The smallest absolute Gasteiger partial charge is 0.251 e. The Morgan fingerprint density at radius 2 is 1.96 bits per heavy atom. The van der Waals surface area contributed by atoms with Crippen LogP contribution in [-0.4, -0.2) is 32.8 Å². The summed E-state index contributed by atoms with van der Waals surface area (Å²) in [5.74, 6) is 1.49. The molecule has 1 aliphatic rings. The van der Waals surface area contributed by atoms with Gasteiger partial charge in [0.15, 0.2) is 11.5 Å². The van der Waals surface area contributed by atoms with E-state index in [1.807, 2.05) is 18.2 Å². The maximum atomic E-state index is 12.3. The molecule has 0 radical (unpaired) electrons. The van der Waals surface area contributed by atoms with Crippen LogP contribution in [0.1, 0.15) is 22.3 Å². The second-order valence-electron chi connectivity index (χ2n) is 5.55. The van der Waals surface area contributed by atoms with Gasteiger partial charge in [-0.3, -0.25) is 4.79 Å². The van der Waals surface area contributed by atoms with E-state index in [1.54, 1.807) is 19.2 Å². The number of carbonyl (C=O) groups is 1. The van der Waals surface area contributed by atoms with E-state index < -0.39 is 0 Å². The van der Waals surface area contributed by atoms with Gasteiger partial charge in [0.25, 0.3) is 5.91 Å². The van der Waals surface area contributed by atoms with Crippen molar-refractivity contribution in [1.82, 2.24) is 5.32 Å². The van der Waals surface area contributed by atoms with Gasteiger partial charge in [-0.2, -0.15) is 0 Å². The van der Waals surface area contributed by atoms with Crippen molar-refractivity contribution in [3.05, 3.63) is 53.6 Å². The summed E-state index contributed by atoms with van der Waals surface area (Å²) in [5.41, 5.74) is 1.78. The Bertz CT molecular complexity index is 683. The lowest BCUT2D eigenvalue weighted by Gasteiger charge is -2.21. The van der Waals surface area contributed by atoms with Crippen LogP contribution < -0.4 is 19.5 Å². The molecule has 0 spiro atoms. The quantitative estimate of drug-likeness (QED) is 0.829. The van der Waals surface area contributed by atoms with Gasteiger partial charge in [0.1, 0.15) is 13.2 Å². The third-order valence-electron chi connectivity index (χ3n) is 3.86. The van der Waals surface area contributed by atoms with Crippen molar-refractivity contribution in [3.8, 4) is 17.2 Å². The Kier molecular flexibility index (Phi) is 5.21. The average molecular weight is 327 g/mol. The monoisotopic (exact) mass is 327 g/mol. The summed E-state index contributed by atoms with van der Waals surface area (Å²) in [5, 5.41) is 2.94. The number of methoxy groups -OCH3 is 1. The molecule has 1 heterocycles. The molecule has 0 aromatic heterocycles. The van der Waals surface area contributed by atoms with Gasteiger partial charge in [-0.1, -0.05) is 30.3 Å². The highest BCUT2D eigenvalue weighted by Crippen LogP contribution is 2.40. The summed E-state index contributed by atoms with van der Waals surface area (Å²) in [4.78, 5) is 12.3. The van der Waals surface area contributed by atoms with E-state index in [4.69, 9.17) is 14.2 Å². The highest BCUT2D eigenvalue weighted by atomic mass is 16.6. The van der Waals surface area contributed by atoms with Crippen LogP contribution >= 0.6 is 0 Å². The molecule has 2 aromatic carbocycles. The van der Waals surface area contributed by atoms with Gasteiger partial charge in [0.2, 0.25) is 5.75 Å². The first-order chi connectivity index (χ1) is 11.8. The first kappa shape index (κ1) is 16.2. The number of fused-ring (bicyclic) bond motifs is 1. The first-order valence-electron chi connectivity index (χ1n) is 8.07. The van der Waals surface area contributed by atoms with E-state index in [0.717, 1.165) is 12.8 Å². The molecular formula is C19H21NO4. The van der Waals surface area contributed by atoms with E-state index in [1.165, 1.54) is 5.56 Å². The molecule has 1 amide bonds. The van der Waals surface area contributed by atoms with E-state index in [9.17, 15) is 4.79 Å². The summed E-state index contributed by atoms with van der Waals surface area (Å²) in [6, 6.07) is 13.6. The Balaban J connectivity index is 1.58. The summed E-state index contributed by atoms with van der Waals surface area (Å²) >= 11 is 0. The van der Waals surface area contributed by atoms with Gasteiger partial charge in [-0.15, -0.1) is 0 Å². The Labute approximate surface area is 141 Å². The third-order valence-corrected chi connectivity index (χ3v) is 3.86. The van der Waals surface area contributed by atoms with Crippen molar-refractivity contribution in [2.45, 2.75) is 12.8 Å². The van der Waals surface area contributed by atoms with Crippen molar-refractivity contribution >= 4 is 5.91 Å². The molecule has 5 heteroatoms. The lowest BCUT2D eigenvalue weighted by atomic mass is 10.1. The Morgan fingerprint density at radius 3 is 2.75 bits per heavy atom. The third kappa shape index (κ3) is 3.79. The van der Waals surface area contributed by atoms with E-state index >= 15 is 0 Å². The van der Waals surface area contributed by atoms with Crippen LogP contribution in [0.25, 0.3) is 0 Å². The van der Waals surface area contributed by atoms with Crippen LogP contribution in [0.2, 0.25) is 0 Å². The number of carbonyl (C=O) groups excluding carboxylic acids is 1. The molecule has 24 heavy (non-hydrogen) atoms. The van der Waals surface area contributed by atoms with Crippen molar-refractivity contribution in [2.75, 3.05) is 26.9 Å². The van der Waals surface area contributed by atoms with E-state index in [-0.39, 0.29) is 5.91 Å². The van der Waals surface area contributed by atoms with Crippen LogP contribution in [0, 0.1) is 0 Å². The summed E-state index contributed by atoms with van der Waals surface area (Å²) < 4.78 is 16.4. The SMILES string of the molecule is COc1cc(C(=O)NCCCc2ccccc2)cc2c1OCCO2. The van der Waals surface area contributed by atoms with Gasteiger partial charge in [0, 0.05) is 12.1 Å². The highest BCUT2D eigenvalue weighted by molar-refractivity contribution is 5.95. The molecule has 0 aliphatic carbocycles. The maximum Gasteiger partial charge on any atom is 0.251 e. The minimum Gasteiger partial charge on any atom is -0.493 e. The number of hydrogen-bond acceptors (Lipinski definition) is 4.